The molecule has 0 unspecified atom stereocenters. The van der Waals surface area contributed by atoms with Crippen molar-refractivity contribution < 1.29 is 14.4 Å². The van der Waals surface area contributed by atoms with Crippen LogP contribution in [0.5, 0.6) is 0 Å². The number of carbonyl (C=O) groups excluding carboxylic acids is 3. The van der Waals surface area contributed by atoms with Crippen LogP contribution in [0.25, 0.3) is 0 Å². The fraction of sp³-hybridized carbons (Fsp3) is 0.700. The molecule has 0 aliphatic carbocycles. The van der Waals surface area contributed by atoms with Crippen LogP contribution in [0, 0.1) is 0 Å². The first kappa shape index (κ1) is 12.0. The van der Waals surface area contributed by atoms with Crippen LogP contribution in [0.1, 0.15) is 46.0 Å². The Kier molecular flexibility index (Phi) is 6.02. The van der Waals surface area contributed by atoms with E-state index in [2.05, 4.69) is 6.92 Å². The van der Waals surface area contributed by atoms with E-state index < -0.39 is 17.3 Å². The van der Waals surface area contributed by atoms with E-state index in [9.17, 15) is 14.4 Å². The third-order valence-corrected chi connectivity index (χ3v) is 1.83. The van der Waals surface area contributed by atoms with E-state index >= 15 is 0 Å². The fourth-order valence-electron chi connectivity index (χ4n) is 1.02. The van der Waals surface area contributed by atoms with Gasteiger partial charge in [-0.05, 0) is 6.42 Å². The van der Waals surface area contributed by atoms with Gasteiger partial charge in [0.05, 0.1) is 0 Å². The number of carbonyl (C=O) groups is 3. The maximum atomic E-state index is 11.0. The number of hydrogen-bond donors (Lipinski definition) is 0. The number of Topliss-reactive ketones (excluding diaryl/α,β-unsaturated/α-hetero) is 3. The second-order valence-corrected chi connectivity index (χ2v) is 3.12. The molecule has 0 radical (unpaired) electrons. The third-order valence-electron chi connectivity index (χ3n) is 1.83. The zero-order valence-electron chi connectivity index (χ0n) is 8.26. The SMILES string of the molecule is CCCCCCC(=O)C(=O)C(C)=O. The van der Waals surface area contributed by atoms with E-state index in [4.69, 9.17) is 0 Å². The van der Waals surface area contributed by atoms with Crippen molar-refractivity contribution in [1.82, 2.24) is 0 Å². The summed E-state index contributed by atoms with van der Waals surface area (Å²) in [5.74, 6) is -2.04. The highest BCUT2D eigenvalue weighted by atomic mass is 16.2. The van der Waals surface area contributed by atoms with E-state index in [-0.39, 0.29) is 6.42 Å². The molecule has 0 atom stereocenters. The van der Waals surface area contributed by atoms with Crippen LogP contribution in [0.3, 0.4) is 0 Å². The average molecular weight is 184 g/mol. The Balaban J connectivity index is 3.63. The van der Waals surface area contributed by atoms with Gasteiger partial charge in [0, 0.05) is 13.3 Å². The van der Waals surface area contributed by atoms with Gasteiger partial charge >= 0.3 is 0 Å². The van der Waals surface area contributed by atoms with Gasteiger partial charge < -0.3 is 0 Å². The smallest absolute Gasteiger partial charge is 0.263 e. The number of rotatable bonds is 7. The highest BCUT2D eigenvalue weighted by molar-refractivity contribution is 6.63. The monoisotopic (exact) mass is 184 g/mol. The summed E-state index contributed by atoms with van der Waals surface area (Å²) in [5, 5.41) is 0. The van der Waals surface area contributed by atoms with Gasteiger partial charge in [0.1, 0.15) is 0 Å². The minimum atomic E-state index is -0.850. The summed E-state index contributed by atoms with van der Waals surface area (Å²) in [6.07, 6.45) is 4.05. The minimum absolute atomic E-state index is 0.221. The molecule has 0 saturated carbocycles. The molecule has 0 heterocycles. The second kappa shape index (κ2) is 6.52. The highest BCUT2D eigenvalue weighted by Gasteiger charge is 2.17. The molecule has 13 heavy (non-hydrogen) atoms. The summed E-state index contributed by atoms with van der Waals surface area (Å²) in [7, 11) is 0. The molecule has 3 heteroatoms. The van der Waals surface area contributed by atoms with Crippen molar-refractivity contribution in [3.8, 4) is 0 Å². The quantitative estimate of drug-likeness (QED) is 0.343. The van der Waals surface area contributed by atoms with Gasteiger partial charge in [-0.1, -0.05) is 26.2 Å². The molecule has 0 N–H and O–H groups in total. The second-order valence-electron chi connectivity index (χ2n) is 3.12. The lowest BCUT2D eigenvalue weighted by Crippen LogP contribution is -2.20. The maximum absolute atomic E-state index is 11.0. The molecule has 0 spiro atoms. The number of hydrogen-bond acceptors (Lipinski definition) is 3. The molecule has 0 fully saturated rings. The molecule has 0 bridgehead atoms. The molecule has 0 aromatic carbocycles. The third kappa shape index (κ3) is 5.28. The van der Waals surface area contributed by atoms with Crippen LogP contribution < -0.4 is 0 Å². The number of unbranched alkanes of at least 4 members (excludes halogenated alkanes) is 3. The summed E-state index contributed by atoms with van der Waals surface area (Å²) in [6, 6.07) is 0. The summed E-state index contributed by atoms with van der Waals surface area (Å²) >= 11 is 0. The van der Waals surface area contributed by atoms with Crippen molar-refractivity contribution in [1.29, 1.82) is 0 Å². The molecular formula is C10H16O3. The van der Waals surface area contributed by atoms with Crippen LogP contribution in [-0.4, -0.2) is 17.3 Å². The normalized spacial score (nSPS) is 9.69. The molecule has 0 aliphatic heterocycles. The Morgan fingerprint density at radius 2 is 1.62 bits per heavy atom. The van der Waals surface area contributed by atoms with Crippen molar-refractivity contribution in [3.05, 3.63) is 0 Å². The predicted molar refractivity (Wildman–Crippen MR) is 49.5 cm³/mol. The summed E-state index contributed by atoms with van der Waals surface area (Å²) in [6.45, 7) is 3.20. The van der Waals surface area contributed by atoms with Gasteiger partial charge in [-0.3, -0.25) is 14.4 Å². The first-order valence-corrected chi connectivity index (χ1v) is 4.67. The zero-order valence-corrected chi connectivity index (χ0v) is 8.26. The summed E-state index contributed by atoms with van der Waals surface area (Å²) < 4.78 is 0. The van der Waals surface area contributed by atoms with Crippen molar-refractivity contribution in [2.75, 3.05) is 0 Å². The lowest BCUT2D eigenvalue weighted by molar-refractivity contribution is -0.143. The fourth-order valence-corrected chi connectivity index (χ4v) is 1.02. The molecule has 0 aliphatic rings. The average Bonchev–Trinajstić information content (AvgIpc) is 2.10. The molecule has 0 saturated heterocycles. The lowest BCUT2D eigenvalue weighted by atomic mass is 10.1. The minimum Gasteiger partial charge on any atom is -0.291 e. The van der Waals surface area contributed by atoms with Gasteiger partial charge in [-0.15, -0.1) is 0 Å². The molecule has 0 amide bonds. The predicted octanol–water partition coefficient (Wildman–Crippen LogP) is 1.68. The Labute approximate surface area is 78.5 Å². The van der Waals surface area contributed by atoms with Crippen LogP contribution in [0.2, 0.25) is 0 Å². The van der Waals surface area contributed by atoms with E-state index in [0.29, 0.717) is 6.42 Å². The van der Waals surface area contributed by atoms with Gasteiger partial charge in [0.2, 0.25) is 11.6 Å². The first-order chi connectivity index (χ1) is 6.09. The van der Waals surface area contributed by atoms with Gasteiger partial charge in [-0.25, -0.2) is 0 Å². The first-order valence-electron chi connectivity index (χ1n) is 4.67. The standard InChI is InChI=1S/C10H16O3/c1-3-4-5-6-7-9(12)10(13)8(2)11/h3-7H2,1-2H3. The topological polar surface area (TPSA) is 51.2 Å². The van der Waals surface area contributed by atoms with Gasteiger partial charge in [0.15, 0.2) is 0 Å². The number of ketones is 3. The van der Waals surface area contributed by atoms with Gasteiger partial charge in [0.25, 0.3) is 5.78 Å². The Morgan fingerprint density at radius 1 is 1.00 bits per heavy atom. The van der Waals surface area contributed by atoms with Crippen molar-refractivity contribution in [2.45, 2.75) is 46.0 Å². The molecule has 0 rings (SSSR count). The van der Waals surface area contributed by atoms with Gasteiger partial charge in [-0.2, -0.15) is 0 Å². The lowest BCUT2D eigenvalue weighted by Gasteiger charge is -1.96. The maximum Gasteiger partial charge on any atom is 0.263 e. The van der Waals surface area contributed by atoms with Crippen LogP contribution in [-0.2, 0) is 14.4 Å². The Bertz CT molecular complexity index is 206. The van der Waals surface area contributed by atoms with E-state index in [0.717, 1.165) is 26.2 Å². The van der Waals surface area contributed by atoms with E-state index in [1.165, 1.54) is 0 Å². The van der Waals surface area contributed by atoms with Crippen molar-refractivity contribution >= 4 is 17.3 Å². The molecule has 0 aromatic heterocycles. The Hall–Kier alpha value is -0.990. The van der Waals surface area contributed by atoms with Crippen molar-refractivity contribution in [3.63, 3.8) is 0 Å². The molecule has 0 aromatic rings. The van der Waals surface area contributed by atoms with Crippen LogP contribution in [0.15, 0.2) is 0 Å². The van der Waals surface area contributed by atoms with Crippen LogP contribution >= 0.6 is 0 Å². The Morgan fingerprint density at radius 3 is 2.08 bits per heavy atom. The van der Waals surface area contributed by atoms with E-state index in [1.54, 1.807) is 0 Å². The largest absolute Gasteiger partial charge is 0.291 e. The highest BCUT2D eigenvalue weighted by Crippen LogP contribution is 2.03. The molecule has 74 valence electrons. The van der Waals surface area contributed by atoms with Crippen molar-refractivity contribution in [2.24, 2.45) is 0 Å². The molecule has 3 nitrogen and oxygen atoms in total. The summed E-state index contributed by atoms with van der Waals surface area (Å²) in [5.41, 5.74) is 0. The van der Waals surface area contributed by atoms with Crippen LogP contribution in [0.4, 0.5) is 0 Å². The van der Waals surface area contributed by atoms with E-state index in [1.807, 2.05) is 0 Å². The summed E-state index contributed by atoms with van der Waals surface area (Å²) in [4.78, 5) is 32.3. The zero-order chi connectivity index (χ0) is 10.3. The molecular weight excluding hydrogens is 168 g/mol.